The van der Waals surface area contributed by atoms with E-state index < -0.39 is 0 Å². The molecule has 0 aliphatic carbocycles. The molecular weight excluding hydrogens is 294 g/mol. The molecule has 2 heterocycles. The topological polar surface area (TPSA) is 56.6 Å². The van der Waals surface area contributed by atoms with Gasteiger partial charge in [0.05, 0.1) is 18.3 Å². The highest BCUT2D eigenvalue weighted by Gasteiger charge is 2.26. The van der Waals surface area contributed by atoms with Gasteiger partial charge in [-0.05, 0) is 26.0 Å². The second kappa shape index (κ2) is 6.32. The van der Waals surface area contributed by atoms with Gasteiger partial charge in [-0.1, -0.05) is 12.1 Å². The number of rotatable bonds is 4. The Bertz CT molecular complexity index is 711. The van der Waals surface area contributed by atoms with Gasteiger partial charge in [-0.2, -0.15) is 5.10 Å². The Morgan fingerprint density at radius 2 is 2.13 bits per heavy atom. The number of benzene rings is 1. The van der Waals surface area contributed by atoms with Gasteiger partial charge in [-0.3, -0.25) is 9.48 Å². The maximum Gasteiger partial charge on any atom is 0.257 e. The van der Waals surface area contributed by atoms with Gasteiger partial charge in [0.2, 0.25) is 0 Å². The van der Waals surface area contributed by atoms with Crippen LogP contribution in [0.5, 0.6) is 11.5 Å². The van der Waals surface area contributed by atoms with Gasteiger partial charge in [0.1, 0.15) is 6.61 Å². The molecule has 1 aliphatic heterocycles. The molecule has 0 fully saturated rings. The van der Waals surface area contributed by atoms with Crippen LogP contribution in [0.2, 0.25) is 0 Å². The zero-order valence-electron chi connectivity index (χ0n) is 13.7. The van der Waals surface area contributed by atoms with Crippen LogP contribution in [-0.4, -0.2) is 46.4 Å². The number of aromatic nitrogens is 2. The van der Waals surface area contributed by atoms with Crippen molar-refractivity contribution in [3.8, 4) is 11.5 Å². The first kappa shape index (κ1) is 15.4. The van der Waals surface area contributed by atoms with E-state index in [0.717, 1.165) is 17.2 Å². The van der Waals surface area contributed by atoms with Crippen molar-refractivity contribution in [2.75, 3.05) is 19.7 Å². The first-order chi connectivity index (χ1) is 11.1. The van der Waals surface area contributed by atoms with E-state index in [1.165, 1.54) is 0 Å². The summed E-state index contributed by atoms with van der Waals surface area (Å²) >= 11 is 0. The molecule has 1 aromatic carbocycles. The molecule has 1 aliphatic rings. The number of amides is 1. The van der Waals surface area contributed by atoms with Crippen molar-refractivity contribution in [3.63, 3.8) is 0 Å². The molecule has 0 saturated carbocycles. The van der Waals surface area contributed by atoms with E-state index in [9.17, 15) is 4.79 Å². The summed E-state index contributed by atoms with van der Waals surface area (Å²) in [5.41, 5.74) is 1.49. The summed E-state index contributed by atoms with van der Waals surface area (Å²) in [6, 6.07) is 7.58. The van der Waals surface area contributed by atoms with E-state index in [0.29, 0.717) is 25.3 Å². The molecule has 1 aromatic heterocycles. The number of carbonyl (C=O) groups excluding carboxylic acids is 1. The minimum Gasteiger partial charge on any atom is -0.486 e. The number of hydrogen-bond donors (Lipinski definition) is 0. The molecule has 0 bridgehead atoms. The Morgan fingerprint density at radius 1 is 1.39 bits per heavy atom. The van der Waals surface area contributed by atoms with Crippen molar-refractivity contribution in [2.45, 2.75) is 20.0 Å². The summed E-state index contributed by atoms with van der Waals surface area (Å²) in [4.78, 5) is 14.5. The number of fused-ring (bicyclic) bond motifs is 1. The van der Waals surface area contributed by atoms with E-state index in [1.807, 2.05) is 45.2 Å². The lowest BCUT2D eigenvalue weighted by atomic mass is 10.2. The van der Waals surface area contributed by atoms with Crippen LogP contribution in [0.3, 0.4) is 0 Å². The summed E-state index contributed by atoms with van der Waals surface area (Å²) in [5.74, 6) is 1.45. The third kappa shape index (κ3) is 3.02. The van der Waals surface area contributed by atoms with E-state index in [2.05, 4.69) is 5.10 Å². The number of para-hydroxylation sites is 2. The van der Waals surface area contributed by atoms with Gasteiger partial charge < -0.3 is 14.4 Å². The highest BCUT2D eigenvalue weighted by Crippen LogP contribution is 2.31. The predicted molar refractivity (Wildman–Crippen MR) is 85.9 cm³/mol. The molecule has 23 heavy (non-hydrogen) atoms. The second-order valence-corrected chi connectivity index (χ2v) is 5.61. The Hall–Kier alpha value is -2.50. The number of nitrogens with zero attached hydrogens (tertiary/aromatic N) is 3. The van der Waals surface area contributed by atoms with Crippen LogP contribution in [0, 0.1) is 6.92 Å². The summed E-state index contributed by atoms with van der Waals surface area (Å²) in [6.45, 7) is 5.38. The standard InChI is InChI=1S/C17H21N3O3/c1-4-20(17(21)14-9-18-19(3)12(14)2)10-13-11-22-15-7-5-6-8-16(15)23-13/h5-9,13H,4,10-11H2,1-3H3/t13-/m1/s1. The maximum atomic E-state index is 12.7. The lowest BCUT2D eigenvalue weighted by molar-refractivity contribution is 0.0474. The largest absolute Gasteiger partial charge is 0.486 e. The van der Waals surface area contributed by atoms with Gasteiger partial charge in [0.15, 0.2) is 17.6 Å². The first-order valence-electron chi connectivity index (χ1n) is 7.76. The van der Waals surface area contributed by atoms with Crippen molar-refractivity contribution >= 4 is 5.91 Å². The fraction of sp³-hybridized carbons (Fsp3) is 0.412. The minimum atomic E-state index is -0.175. The van der Waals surface area contributed by atoms with Crippen molar-refractivity contribution in [2.24, 2.45) is 7.05 Å². The number of likely N-dealkylation sites (N-methyl/N-ethyl adjacent to an activating group) is 1. The Kier molecular flexibility index (Phi) is 4.23. The molecule has 0 radical (unpaired) electrons. The molecule has 0 saturated heterocycles. The van der Waals surface area contributed by atoms with Crippen molar-refractivity contribution in [3.05, 3.63) is 41.7 Å². The van der Waals surface area contributed by atoms with E-state index in [1.54, 1.807) is 15.8 Å². The lowest BCUT2D eigenvalue weighted by Crippen LogP contribution is -2.43. The van der Waals surface area contributed by atoms with Crippen LogP contribution in [0.15, 0.2) is 30.5 Å². The zero-order valence-corrected chi connectivity index (χ0v) is 13.7. The number of hydrogen-bond acceptors (Lipinski definition) is 4. The van der Waals surface area contributed by atoms with E-state index in [4.69, 9.17) is 9.47 Å². The van der Waals surface area contributed by atoms with Crippen molar-refractivity contribution in [1.82, 2.24) is 14.7 Å². The highest BCUT2D eigenvalue weighted by atomic mass is 16.6. The highest BCUT2D eigenvalue weighted by molar-refractivity contribution is 5.95. The molecule has 0 N–H and O–H groups in total. The Morgan fingerprint density at radius 3 is 2.78 bits per heavy atom. The average Bonchev–Trinajstić information content (AvgIpc) is 2.91. The van der Waals surface area contributed by atoms with Gasteiger partial charge in [0, 0.05) is 19.3 Å². The average molecular weight is 315 g/mol. The second-order valence-electron chi connectivity index (χ2n) is 5.61. The molecule has 2 aromatic rings. The fourth-order valence-electron chi connectivity index (χ4n) is 2.63. The number of aryl methyl sites for hydroxylation is 1. The Balaban J connectivity index is 1.71. The molecule has 6 nitrogen and oxygen atoms in total. The lowest BCUT2D eigenvalue weighted by Gasteiger charge is -2.30. The normalized spacial score (nSPS) is 16.2. The van der Waals surface area contributed by atoms with Crippen LogP contribution in [0.1, 0.15) is 23.0 Å². The van der Waals surface area contributed by atoms with Crippen LogP contribution in [-0.2, 0) is 7.05 Å². The number of ether oxygens (including phenoxy) is 2. The summed E-state index contributed by atoms with van der Waals surface area (Å²) in [7, 11) is 1.83. The molecule has 0 spiro atoms. The van der Waals surface area contributed by atoms with Gasteiger partial charge in [-0.15, -0.1) is 0 Å². The SMILES string of the molecule is CCN(C[C@@H]1COc2ccccc2O1)C(=O)c1cnn(C)c1C. The van der Waals surface area contributed by atoms with E-state index in [-0.39, 0.29) is 12.0 Å². The van der Waals surface area contributed by atoms with Gasteiger partial charge in [0.25, 0.3) is 5.91 Å². The summed E-state index contributed by atoms with van der Waals surface area (Å²) in [6.07, 6.45) is 1.44. The molecule has 0 unspecified atom stereocenters. The van der Waals surface area contributed by atoms with Crippen LogP contribution in [0.25, 0.3) is 0 Å². The molecule has 122 valence electrons. The monoisotopic (exact) mass is 315 g/mol. The van der Waals surface area contributed by atoms with E-state index >= 15 is 0 Å². The number of carbonyl (C=O) groups is 1. The quantitative estimate of drug-likeness (QED) is 0.866. The molecular formula is C17H21N3O3. The third-order valence-corrected chi connectivity index (χ3v) is 4.13. The molecule has 1 amide bonds. The first-order valence-corrected chi connectivity index (χ1v) is 7.76. The fourth-order valence-corrected chi connectivity index (χ4v) is 2.63. The summed E-state index contributed by atoms with van der Waals surface area (Å²) < 4.78 is 13.4. The van der Waals surface area contributed by atoms with Gasteiger partial charge in [-0.25, -0.2) is 0 Å². The van der Waals surface area contributed by atoms with Crippen molar-refractivity contribution < 1.29 is 14.3 Å². The van der Waals surface area contributed by atoms with Crippen LogP contribution < -0.4 is 9.47 Å². The predicted octanol–water partition coefficient (Wildman–Crippen LogP) is 2.03. The molecule has 6 heteroatoms. The maximum absolute atomic E-state index is 12.7. The minimum absolute atomic E-state index is 0.0273. The summed E-state index contributed by atoms with van der Waals surface area (Å²) in [5, 5.41) is 4.14. The van der Waals surface area contributed by atoms with Gasteiger partial charge >= 0.3 is 0 Å². The Labute approximate surface area is 135 Å². The molecule has 1 atom stereocenters. The molecule has 3 rings (SSSR count). The third-order valence-electron chi connectivity index (χ3n) is 4.13. The smallest absolute Gasteiger partial charge is 0.257 e. The zero-order chi connectivity index (χ0) is 16.4. The van der Waals surface area contributed by atoms with Crippen molar-refractivity contribution in [1.29, 1.82) is 0 Å². The van der Waals surface area contributed by atoms with Crippen LogP contribution in [0.4, 0.5) is 0 Å². The van der Waals surface area contributed by atoms with Crippen LogP contribution >= 0.6 is 0 Å².